The maximum absolute atomic E-state index is 12.5. The summed E-state index contributed by atoms with van der Waals surface area (Å²) >= 11 is 0.959. The topological polar surface area (TPSA) is 172 Å². The number of aliphatic carboxylic acids is 1. The highest BCUT2D eigenvalue weighted by Gasteiger charge is 2.21. The molecule has 12 nitrogen and oxygen atoms in total. The summed E-state index contributed by atoms with van der Waals surface area (Å²) in [7, 11) is -3.91. The van der Waals surface area contributed by atoms with Gasteiger partial charge in [-0.25, -0.2) is 27.6 Å². The van der Waals surface area contributed by atoms with Crippen molar-refractivity contribution in [2.75, 3.05) is 19.8 Å². The van der Waals surface area contributed by atoms with Gasteiger partial charge in [0.15, 0.2) is 0 Å². The Balaban J connectivity index is 1.31. The molecule has 0 saturated carbocycles. The minimum Gasteiger partial charge on any atom is -0.491 e. The van der Waals surface area contributed by atoms with Crippen LogP contribution in [0.1, 0.15) is 35.3 Å². The first-order valence-corrected chi connectivity index (χ1v) is 16.3. The number of benzene rings is 3. The first-order valence-electron chi connectivity index (χ1n) is 13.9. The molecule has 0 spiro atoms. The number of sulfonamides is 1. The number of hydrogen-bond acceptors (Lipinski definition) is 10. The summed E-state index contributed by atoms with van der Waals surface area (Å²) in [6.07, 6.45) is 2.20. The van der Waals surface area contributed by atoms with Crippen LogP contribution in [0.2, 0.25) is 0 Å². The van der Waals surface area contributed by atoms with Crippen LogP contribution in [0.4, 0.5) is 4.39 Å². The molecule has 0 saturated heterocycles. The van der Waals surface area contributed by atoms with E-state index in [4.69, 9.17) is 14.6 Å². The van der Waals surface area contributed by atoms with E-state index in [1.165, 1.54) is 0 Å². The summed E-state index contributed by atoms with van der Waals surface area (Å²) in [5.74, 6) is 0.137. The zero-order valence-corrected chi connectivity index (χ0v) is 25.6. The molecule has 0 aliphatic rings. The van der Waals surface area contributed by atoms with Crippen molar-refractivity contribution < 1.29 is 32.2 Å². The van der Waals surface area contributed by atoms with Crippen LogP contribution in [-0.2, 0) is 27.8 Å². The molecule has 0 aliphatic carbocycles. The second-order valence-corrected chi connectivity index (χ2v) is 12.9. The van der Waals surface area contributed by atoms with Crippen molar-refractivity contribution in [3.8, 4) is 11.5 Å². The third-order valence-electron chi connectivity index (χ3n) is 6.82. The number of nitrogens with one attached hydrogen (secondary N) is 1. The molecule has 4 N–H and O–H groups in total. The van der Waals surface area contributed by atoms with E-state index >= 15 is 0 Å². The molecule has 15 heteroatoms. The number of aromatic nitrogens is 4. The molecular weight excluding hydrogens is 623 g/mol. The van der Waals surface area contributed by atoms with Gasteiger partial charge in [0, 0.05) is 12.6 Å². The van der Waals surface area contributed by atoms with E-state index in [0.717, 1.165) is 22.5 Å². The maximum Gasteiger partial charge on any atom is 0.305 e. The minimum absolute atomic E-state index is 0.0190. The Morgan fingerprint density at radius 3 is 2.53 bits per heavy atom. The Kier molecular flexibility index (Phi) is 10.3. The van der Waals surface area contributed by atoms with Crippen molar-refractivity contribution in [3.05, 3.63) is 95.8 Å². The van der Waals surface area contributed by atoms with Crippen LogP contribution in [0.3, 0.4) is 0 Å². The zero-order valence-electron chi connectivity index (χ0n) is 24.0. The van der Waals surface area contributed by atoms with Crippen LogP contribution in [0.5, 0.6) is 11.5 Å². The van der Waals surface area contributed by atoms with Gasteiger partial charge in [0.2, 0.25) is 4.34 Å². The lowest BCUT2D eigenvalue weighted by Crippen LogP contribution is -2.31. The lowest BCUT2D eigenvalue weighted by atomic mass is 10.0. The molecule has 5 aromatic rings. The number of carbonyl (C=O) groups is 1. The van der Waals surface area contributed by atoms with Crippen LogP contribution in [0, 0.1) is 0 Å². The molecule has 0 fully saturated rings. The van der Waals surface area contributed by atoms with Gasteiger partial charge in [0.1, 0.15) is 37.1 Å². The largest absolute Gasteiger partial charge is 0.491 e. The summed E-state index contributed by atoms with van der Waals surface area (Å²) in [5, 5.41) is 26.8. The predicted octanol–water partition coefficient (Wildman–Crippen LogP) is 4.05. The number of primary sulfonamides is 1. The van der Waals surface area contributed by atoms with Crippen LogP contribution in [0.25, 0.3) is 10.2 Å². The molecule has 0 amide bonds. The van der Waals surface area contributed by atoms with E-state index in [1.54, 1.807) is 41.2 Å². The summed E-state index contributed by atoms with van der Waals surface area (Å²) in [6.45, 7) is -0.120. The second-order valence-electron chi connectivity index (χ2n) is 10.1. The number of nitrogens with two attached hydrogens (primary N) is 1. The highest BCUT2D eigenvalue weighted by molar-refractivity contribution is 7.91. The number of halogens is 1. The second kappa shape index (κ2) is 14.6. The van der Waals surface area contributed by atoms with E-state index < -0.39 is 28.7 Å². The van der Waals surface area contributed by atoms with Crippen molar-refractivity contribution in [3.63, 3.8) is 0 Å². The fraction of sp³-hybridized carbons (Fsp3) is 0.267. The zero-order chi connectivity index (χ0) is 31.8. The quantitative estimate of drug-likeness (QED) is 0.141. The van der Waals surface area contributed by atoms with Gasteiger partial charge in [-0.3, -0.25) is 4.79 Å². The van der Waals surface area contributed by atoms with Crippen molar-refractivity contribution >= 4 is 37.5 Å². The molecule has 2 heterocycles. The molecule has 236 valence electrons. The standard InChI is InChI=1S/C30H31FN6O6S2/c31-12-13-42-24-8-6-20(7-9-24)14-23(17-33-27(16-29(38)39)21-4-2-1-3-5-21)37-18-22(35-36-37)19-43-25-10-11-26-28(15-25)44-30(34-26)45(32,40)41/h1-11,15,18,23,27,33H,12-14,16-17,19H2,(H,38,39)(H2,32,40,41)/t23-,27?/m1/s1. The van der Waals surface area contributed by atoms with Gasteiger partial charge in [-0.1, -0.05) is 47.7 Å². The van der Waals surface area contributed by atoms with Gasteiger partial charge in [0.05, 0.1) is 28.9 Å². The Morgan fingerprint density at radius 2 is 1.82 bits per heavy atom. The summed E-state index contributed by atoms with van der Waals surface area (Å²) in [5.41, 5.74) is 2.87. The number of carboxylic acids is 1. The monoisotopic (exact) mass is 654 g/mol. The predicted molar refractivity (Wildman–Crippen MR) is 165 cm³/mol. The van der Waals surface area contributed by atoms with Gasteiger partial charge >= 0.3 is 5.97 Å². The van der Waals surface area contributed by atoms with Crippen molar-refractivity contribution in [1.29, 1.82) is 0 Å². The Bertz CT molecular complexity index is 1830. The average molecular weight is 655 g/mol. The highest BCUT2D eigenvalue weighted by Crippen LogP contribution is 2.29. The summed E-state index contributed by atoms with van der Waals surface area (Å²) < 4.78 is 49.2. The molecule has 1 unspecified atom stereocenters. The summed E-state index contributed by atoms with van der Waals surface area (Å²) in [6, 6.07) is 21.1. The highest BCUT2D eigenvalue weighted by atomic mass is 32.2. The average Bonchev–Trinajstić information content (AvgIpc) is 3.68. The molecule has 0 bridgehead atoms. The third kappa shape index (κ3) is 8.82. The number of thiazole rings is 1. The number of fused-ring (bicyclic) bond motifs is 1. The molecule has 3 aromatic carbocycles. The molecule has 0 radical (unpaired) electrons. The van der Waals surface area contributed by atoms with Crippen LogP contribution < -0.4 is 19.9 Å². The summed E-state index contributed by atoms with van der Waals surface area (Å²) in [4.78, 5) is 15.7. The van der Waals surface area contributed by atoms with Gasteiger partial charge in [-0.05, 0) is 47.9 Å². The fourth-order valence-corrected chi connectivity index (χ4v) is 6.35. The number of nitrogens with zero attached hydrogens (tertiary/aromatic N) is 4. The van der Waals surface area contributed by atoms with Crippen LogP contribution in [0.15, 0.2) is 83.3 Å². The molecule has 2 aromatic heterocycles. The first-order chi connectivity index (χ1) is 21.7. The van der Waals surface area contributed by atoms with Gasteiger partial charge in [-0.15, -0.1) is 16.4 Å². The Labute approximate surface area is 262 Å². The number of carboxylic acid groups (broad SMARTS) is 1. The van der Waals surface area contributed by atoms with Gasteiger partial charge in [0.25, 0.3) is 10.0 Å². The smallest absolute Gasteiger partial charge is 0.305 e. The Morgan fingerprint density at radius 1 is 1.07 bits per heavy atom. The lowest BCUT2D eigenvalue weighted by molar-refractivity contribution is -0.137. The minimum atomic E-state index is -3.91. The molecule has 5 rings (SSSR count). The molecule has 0 aliphatic heterocycles. The number of hydrogen-bond donors (Lipinski definition) is 3. The number of ether oxygens (including phenoxy) is 2. The fourth-order valence-electron chi connectivity index (χ4n) is 4.67. The van der Waals surface area contributed by atoms with E-state index in [9.17, 15) is 22.7 Å². The van der Waals surface area contributed by atoms with E-state index in [0.29, 0.717) is 40.4 Å². The van der Waals surface area contributed by atoms with Crippen LogP contribution in [-0.4, -0.2) is 59.3 Å². The SMILES string of the molecule is NS(=O)(=O)c1nc2ccc(OCc3cn([C@@H](CNC(CC(=O)O)c4ccccc4)Cc4ccc(OCCF)cc4)nn3)cc2s1. The van der Waals surface area contributed by atoms with Crippen molar-refractivity contribution in [1.82, 2.24) is 25.3 Å². The van der Waals surface area contributed by atoms with Crippen LogP contribution >= 0.6 is 11.3 Å². The van der Waals surface area contributed by atoms with Gasteiger partial charge < -0.3 is 19.9 Å². The third-order valence-corrected chi connectivity index (χ3v) is 9.16. The normalized spacial score (nSPS) is 13.0. The maximum atomic E-state index is 12.5. The lowest BCUT2D eigenvalue weighted by Gasteiger charge is -2.23. The molecule has 45 heavy (non-hydrogen) atoms. The van der Waals surface area contributed by atoms with E-state index in [1.807, 2.05) is 42.5 Å². The van der Waals surface area contributed by atoms with Crippen molar-refractivity contribution in [2.45, 2.75) is 35.9 Å². The van der Waals surface area contributed by atoms with E-state index in [2.05, 4.69) is 20.6 Å². The van der Waals surface area contributed by atoms with Gasteiger partial charge in [-0.2, -0.15) is 0 Å². The van der Waals surface area contributed by atoms with Crippen molar-refractivity contribution in [2.24, 2.45) is 5.14 Å². The molecule has 2 atom stereocenters. The number of rotatable bonds is 16. The molecular formula is C30H31FN6O6S2. The first kappa shape index (κ1) is 32.0. The van der Waals surface area contributed by atoms with E-state index in [-0.39, 0.29) is 30.0 Å². The Hall–Kier alpha value is -4.44. The number of alkyl halides is 1.